The molecular weight excluding hydrogens is 467 g/mol. The Bertz CT molecular complexity index is 570. The Morgan fingerprint density at radius 2 is 1.86 bits per heavy atom. The standard InChI is InChI=1S/C21H36N4O2.HI/c1-4-25(5-2)15-19-8-6-18(7-9-19)14-23-20(22-3)24-16-21(10-12-26)11-13-27-17-21;/h6-9,26H,4-5,10-17H2,1-3H3,(H2,22,23,24);1H. The van der Waals surface area contributed by atoms with Crippen LogP contribution in [0.4, 0.5) is 0 Å². The maximum absolute atomic E-state index is 9.34. The van der Waals surface area contributed by atoms with Gasteiger partial charge in [0.05, 0.1) is 6.61 Å². The molecule has 1 atom stereocenters. The van der Waals surface area contributed by atoms with Gasteiger partial charge in [-0.1, -0.05) is 38.1 Å². The highest BCUT2D eigenvalue weighted by molar-refractivity contribution is 14.0. The fourth-order valence-corrected chi connectivity index (χ4v) is 3.46. The summed E-state index contributed by atoms with van der Waals surface area (Å²) < 4.78 is 5.55. The van der Waals surface area contributed by atoms with Gasteiger partial charge in [-0.3, -0.25) is 9.89 Å². The Kier molecular flexibility index (Phi) is 12.0. The molecule has 1 unspecified atom stereocenters. The van der Waals surface area contributed by atoms with Gasteiger partial charge in [0.15, 0.2) is 5.96 Å². The lowest BCUT2D eigenvalue weighted by Crippen LogP contribution is -2.44. The van der Waals surface area contributed by atoms with Crippen molar-refractivity contribution >= 4 is 29.9 Å². The summed E-state index contributed by atoms with van der Waals surface area (Å²) >= 11 is 0. The number of halogens is 1. The van der Waals surface area contributed by atoms with Crippen LogP contribution >= 0.6 is 24.0 Å². The van der Waals surface area contributed by atoms with Gasteiger partial charge in [-0.2, -0.15) is 0 Å². The van der Waals surface area contributed by atoms with Gasteiger partial charge in [-0.05, 0) is 37.1 Å². The van der Waals surface area contributed by atoms with Crippen LogP contribution < -0.4 is 10.6 Å². The third-order valence-corrected chi connectivity index (χ3v) is 5.47. The fourth-order valence-electron chi connectivity index (χ4n) is 3.46. The van der Waals surface area contributed by atoms with Gasteiger partial charge in [0, 0.05) is 45.3 Å². The van der Waals surface area contributed by atoms with Crippen LogP contribution in [0.1, 0.15) is 37.8 Å². The van der Waals surface area contributed by atoms with Crippen LogP contribution in [0.5, 0.6) is 0 Å². The summed E-state index contributed by atoms with van der Waals surface area (Å²) in [5.41, 5.74) is 2.59. The number of nitrogens with one attached hydrogen (secondary N) is 2. The molecule has 160 valence electrons. The van der Waals surface area contributed by atoms with E-state index in [0.717, 1.165) is 58.1 Å². The second-order valence-electron chi connectivity index (χ2n) is 7.33. The van der Waals surface area contributed by atoms with Crippen LogP contribution in [-0.2, 0) is 17.8 Å². The number of aliphatic imine (C=N–C) groups is 1. The Labute approximate surface area is 187 Å². The molecule has 0 spiro atoms. The van der Waals surface area contributed by atoms with Crippen molar-refractivity contribution in [2.75, 3.05) is 46.5 Å². The number of benzene rings is 1. The molecule has 0 aliphatic carbocycles. The SMILES string of the molecule is CCN(CC)Cc1ccc(CNC(=NC)NCC2(CCO)CCOC2)cc1.I. The van der Waals surface area contributed by atoms with E-state index in [-0.39, 0.29) is 36.0 Å². The van der Waals surface area contributed by atoms with Crippen LogP contribution in [0.2, 0.25) is 0 Å². The third-order valence-electron chi connectivity index (χ3n) is 5.47. The van der Waals surface area contributed by atoms with E-state index < -0.39 is 0 Å². The zero-order valence-corrected chi connectivity index (χ0v) is 19.9. The maximum atomic E-state index is 9.34. The van der Waals surface area contributed by atoms with Crippen molar-refractivity contribution in [3.63, 3.8) is 0 Å². The summed E-state index contributed by atoms with van der Waals surface area (Å²) in [6, 6.07) is 8.77. The van der Waals surface area contributed by atoms with E-state index in [1.807, 2.05) is 0 Å². The number of aliphatic hydroxyl groups excluding tert-OH is 1. The van der Waals surface area contributed by atoms with Gasteiger partial charge in [0.25, 0.3) is 0 Å². The van der Waals surface area contributed by atoms with E-state index in [0.29, 0.717) is 6.61 Å². The maximum Gasteiger partial charge on any atom is 0.191 e. The average Bonchev–Trinajstić information content (AvgIpc) is 3.16. The topological polar surface area (TPSA) is 69.1 Å². The molecule has 1 aliphatic rings. The molecule has 6 nitrogen and oxygen atoms in total. The quantitative estimate of drug-likeness (QED) is 0.260. The summed E-state index contributed by atoms with van der Waals surface area (Å²) in [4.78, 5) is 6.73. The molecule has 28 heavy (non-hydrogen) atoms. The first-order valence-corrected chi connectivity index (χ1v) is 10.1. The first-order valence-electron chi connectivity index (χ1n) is 10.1. The molecule has 7 heteroatoms. The molecule has 0 radical (unpaired) electrons. The summed E-state index contributed by atoms with van der Waals surface area (Å²) in [5, 5.41) is 16.1. The molecule has 0 bridgehead atoms. The lowest BCUT2D eigenvalue weighted by Gasteiger charge is -2.27. The number of hydrogen-bond donors (Lipinski definition) is 3. The average molecular weight is 504 g/mol. The summed E-state index contributed by atoms with van der Waals surface area (Å²) in [6.45, 7) is 10.7. The minimum atomic E-state index is 0. The highest BCUT2D eigenvalue weighted by atomic mass is 127. The molecule has 1 aromatic carbocycles. The highest BCUT2D eigenvalue weighted by Gasteiger charge is 2.34. The number of nitrogens with zero attached hydrogens (tertiary/aromatic N) is 2. The molecule has 2 rings (SSSR count). The van der Waals surface area contributed by atoms with E-state index in [4.69, 9.17) is 4.74 Å². The lowest BCUT2D eigenvalue weighted by molar-refractivity contribution is 0.127. The Balaban J connectivity index is 0.00000392. The molecule has 0 aromatic heterocycles. The van der Waals surface area contributed by atoms with Crippen molar-refractivity contribution < 1.29 is 9.84 Å². The van der Waals surface area contributed by atoms with E-state index in [1.165, 1.54) is 11.1 Å². The van der Waals surface area contributed by atoms with E-state index in [9.17, 15) is 5.11 Å². The predicted octanol–water partition coefficient (Wildman–Crippen LogP) is 2.60. The largest absolute Gasteiger partial charge is 0.396 e. The predicted molar refractivity (Wildman–Crippen MR) is 126 cm³/mol. The first-order chi connectivity index (χ1) is 13.1. The van der Waals surface area contributed by atoms with Crippen LogP contribution in [0.15, 0.2) is 29.3 Å². The summed E-state index contributed by atoms with van der Waals surface area (Å²) in [6.07, 6.45) is 1.73. The number of guanidine groups is 1. The van der Waals surface area contributed by atoms with Crippen molar-refractivity contribution in [3.8, 4) is 0 Å². The molecular formula is C21H37IN4O2. The highest BCUT2D eigenvalue weighted by Crippen LogP contribution is 2.31. The molecule has 1 heterocycles. The van der Waals surface area contributed by atoms with Crippen molar-refractivity contribution in [3.05, 3.63) is 35.4 Å². The second kappa shape index (κ2) is 13.3. The van der Waals surface area contributed by atoms with E-state index in [1.54, 1.807) is 7.05 Å². The fraction of sp³-hybridized carbons (Fsp3) is 0.667. The Hall–Kier alpha value is -0.900. The minimum Gasteiger partial charge on any atom is -0.396 e. The smallest absolute Gasteiger partial charge is 0.191 e. The zero-order valence-electron chi connectivity index (χ0n) is 17.5. The van der Waals surface area contributed by atoms with Crippen LogP contribution in [0.3, 0.4) is 0 Å². The molecule has 1 aromatic rings. The summed E-state index contributed by atoms with van der Waals surface area (Å²) in [5.74, 6) is 0.784. The number of hydrogen-bond acceptors (Lipinski definition) is 4. The van der Waals surface area contributed by atoms with Crippen LogP contribution in [0.25, 0.3) is 0 Å². The van der Waals surface area contributed by atoms with Crippen molar-refractivity contribution in [2.45, 2.75) is 39.8 Å². The van der Waals surface area contributed by atoms with Crippen LogP contribution in [-0.4, -0.2) is 62.5 Å². The van der Waals surface area contributed by atoms with Crippen molar-refractivity contribution in [1.82, 2.24) is 15.5 Å². The molecule has 1 aliphatic heterocycles. The molecule has 0 amide bonds. The van der Waals surface area contributed by atoms with Crippen molar-refractivity contribution in [2.24, 2.45) is 10.4 Å². The van der Waals surface area contributed by atoms with Gasteiger partial charge in [0.2, 0.25) is 0 Å². The monoisotopic (exact) mass is 504 g/mol. The number of aliphatic hydroxyl groups is 1. The first kappa shape index (κ1) is 25.1. The Morgan fingerprint density at radius 1 is 1.18 bits per heavy atom. The normalized spacial score (nSPS) is 19.5. The van der Waals surface area contributed by atoms with Crippen LogP contribution in [0, 0.1) is 5.41 Å². The molecule has 3 N–H and O–H groups in total. The van der Waals surface area contributed by atoms with Gasteiger partial charge >= 0.3 is 0 Å². The van der Waals surface area contributed by atoms with E-state index in [2.05, 4.69) is 58.6 Å². The third kappa shape index (κ3) is 7.85. The summed E-state index contributed by atoms with van der Waals surface area (Å²) in [7, 11) is 1.78. The molecule has 0 saturated carbocycles. The molecule has 1 fully saturated rings. The second-order valence-corrected chi connectivity index (χ2v) is 7.33. The number of rotatable bonds is 10. The van der Waals surface area contributed by atoms with Gasteiger partial charge in [-0.25, -0.2) is 0 Å². The molecule has 1 saturated heterocycles. The van der Waals surface area contributed by atoms with Gasteiger partial charge in [0.1, 0.15) is 0 Å². The Morgan fingerprint density at radius 3 is 2.39 bits per heavy atom. The van der Waals surface area contributed by atoms with Crippen molar-refractivity contribution in [1.29, 1.82) is 0 Å². The van der Waals surface area contributed by atoms with Gasteiger partial charge < -0.3 is 20.5 Å². The minimum absolute atomic E-state index is 0. The zero-order chi connectivity index (χ0) is 19.5. The lowest BCUT2D eigenvalue weighted by atomic mass is 9.84. The van der Waals surface area contributed by atoms with E-state index >= 15 is 0 Å². The van der Waals surface area contributed by atoms with Gasteiger partial charge in [-0.15, -0.1) is 24.0 Å². The number of ether oxygens (including phenoxy) is 1.